The molecule has 0 aliphatic rings. The second kappa shape index (κ2) is 6.54. The monoisotopic (exact) mass is 249 g/mol. The summed E-state index contributed by atoms with van der Waals surface area (Å²) in [6.07, 6.45) is 2.31. The molecule has 5 heteroatoms. The van der Waals surface area contributed by atoms with E-state index in [-0.39, 0.29) is 12.8 Å². The van der Waals surface area contributed by atoms with Crippen molar-refractivity contribution in [2.24, 2.45) is 0 Å². The van der Waals surface area contributed by atoms with Crippen LogP contribution in [-0.4, -0.2) is 27.1 Å². The zero-order valence-corrected chi connectivity index (χ0v) is 9.93. The number of carboxylic acids is 2. The maximum Gasteiger partial charge on any atom is 0.303 e. The molecule has 0 atom stereocenters. The van der Waals surface area contributed by atoms with E-state index in [1.807, 2.05) is 0 Å². The van der Waals surface area contributed by atoms with Crippen LogP contribution in [0.5, 0.6) is 0 Å². The summed E-state index contributed by atoms with van der Waals surface area (Å²) in [7, 11) is 0. The van der Waals surface area contributed by atoms with Crippen LogP contribution in [0.1, 0.15) is 29.8 Å². The van der Waals surface area contributed by atoms with Crippen LogP contribution in [0.25, 0.3) is 6.08 Å². The third kappa shape index (κ3) is 4.78. The van der Waals surface area contributed by atoms with Gasteiger partial charge in [0, 0.05) is 24.2 Å². The molecular formula is C13H15NO4. The fourth-order valence-electron chi connectivity index (χ4n) is 1.52. The highest BCUT2D eigenvalue weighted by molar-refractivity contribution is 5.67. The molecule has 0 spiro atoms. The Kier molecular flexibility index (Phi) is 5.05. The molecule has 96 valence electrons. The predicted molar refractivity (Wildman–Crippen MR) is 66.2 cm³/mol. The van der Waals surface area contributed by atoms with E-state index in [0.29, 0.717) is 24.2 Å². The summed E-state index contributed by atoms with van der Waals surface area (Å²) in [4.78, 5) is 25.3. The van der Waals surface area contributed by atoms with Crippen LogP contribution in [0, 0.1) is 0 Å². The van der Waals surface area contributed by atoms with Crippen LogP contribution in [0.4, 0.5) is 0 Å². The first-order chi connectivity index (χ1) is 8.51. The lowest BCUT2D eigenvalue weighted by atomic mass is 10.1. The van der Waals surface area contributed by atoms with Gasteiger partial charge in [-0.05, 0) is 17.7 Å². The SMILES string of the molecule is C=Cc1cc(CCC(=O)O)nc(CCC(=O)O)c1. The quantitative estimate of drug-likeness (QED) is 0.768. The number of aromatic nitrogens is 1. The van der Waals surface area contributed by atoms with Crippen molar-refractivity contribution < 1.29 is 19.8 Å². The van der Waals surface area contributed by atoms with Crippen molar-refractivity contribution in [3.63, 3.8) is 0 Å². The average molecular weight is 249 g/mol. The van der Waals surface area contributed by atoms with Crippen molar-refractivity contribution in [1.29, 1.82) is 0 Å². The van der Waals surface area contributed by atoms with E-state index in [1.54, 1.807) is 18.2 Å². The molecule has 0 aliphatic carbocycles. The van der Waals surface area contributed by atoms with Crippen LogP contribution in [-0.2, 0) is 22.4 Å². The Morgan fingerprint density at radius 3 is 1.89 bits per heavy atom. The first kappa shape index (κ1) is 13.9. The summed E-state index contributed by atoms with van der Waals surface area (Å²) in [5.74, 6) is -1.76. The van der Waals surface area contributed by atoms with Crippen LogP contribution >= 0.6 is 0 Å². The summed E-state index contributed by atoms with van der Waals surface area (Å²) in [6, 6.07) is 3.53. The number of nitrogens with zero attached hydrogens (tertiary/aromatic N) is 1. The van der Waals surface area contributed by atoms with Crippen LogP contribution in [0.3, 0.4) is 0 Å². The van der Waals surface area contributed by atoms with Gasteiger partial charge >= 0.3 is 11.9 Å². The number of rotatable bonds is 7. The molecule has 18 heavy (non-hydrogen) atoms. The molecule has 0 aromatic carbocycles. The van der Waals surface area contributed by atoms with E-state index in [4.69, 9.17) is 10.2 Å². The number of hydrogen-bond donors (Lipinski definition) is 2. The Balaban J connectivity index is 2.83. The van der Waals surface area contributed by atoms with Crippen LogP contribution in [0.15, 0.2) is 18.7 Å². The molecule has 0 aliphatic heterocycles. The molecule has 2 N–H and O–H groups in total. The van der Waals surface area contributed by atoms with Gasteiger partial charge in [0.25, 0.3) is 0 Å². The molecule has 5 nitrogen and oxygen atoms in total. The largest absolute Gasteiger partial charge is 0.481 e. The molecule has 1 aromatic heterocycles. The normalized spacial score (nSPS) is 10.0. The number of carbonyl (C=O) groups is 2. The van der Waals surface area contributed by atoms with E-state index in [1.165, 1.54) is 0 Å². The average Bonchev–Trinajstić information content (AvgIpc) is 2.33. The van der Waals surface area contributed by atoms with E-state index in [0.717, 1.165) is 5.56 Å². The molecule has 1 heterocycles. The fraction of sp³-hybridized carbons (Fsp3) is 0.308. The molecule has 0 bridgehead atoms. The van der Waals surface area contributed by atoms with Crippen LogP contribution < -0.4 is 0 Å². The van der Waals surface area contributed by atoms with E-state index < -0.39 is 11.9 Å². The molecule has 1 aromatic rings. The molecule has 0 saturated heterocycles. The lowest BCUT2D eigenvalue weighted by Gasteiger charge is -2.05. The van der Waals surface area contributed by atoms with E-state index in [2.05, 4.69) is 11.6 Å². The molecule has 0 amide bonds. The lowest BCUT2D eigenvalue weighted by molar-refractivity contribution is -0.137. The zero-order chi connectivity index (χ0) is 13.5. The Bertz CT molecular complexity index is 432. The highest BCUT2D eigenvalue weighted by atomic mass is 16.4. The minimum atomic E-state index is -0.882. The Morgan fingerprint density at radius 2 is 1.56 bits per heavy atom. The van der Waals surface area contributed by atoms with Gasteiger partial charge in [0.1, 0.15) is 0 Å². The summed E-state index contributed by atoms with van der Waals surface area (Å²) in [5, 5.41) is 17.2. The van der Waals surface area contributed by atoms with Gasteiger partial charge in [-0.2, -0.15) is 0 Å². The van der Waals surface area contributed by atoms with E-state index in [9.17, 15) is 9.59 Å². The fourth-order valence-corrected chi connectivity index (χ4v) is 1.52. The Morgan fingerprint density at radius 1 is 1.11 bits per heavy atom. The van der Waals surface area contributed by atoms with Gasteiger partial charge in [0.15, 0.2) is 0 Å². The number of aliphatic carboxylic acids is 2. The highest BCUT2D eigenvalue weighted by Crippen LogP contribution is 2.11. The standard InChI is InChI=1S/C13H15NO4/c1-2-9-7-10(3-5-12(15)16)14-11(8-9)4-6-13(17)18/h2,7-8H,1,3-6H2,(H,15,16)(H,17,18). The smallest absolute Gasteiger partial charge is 0.303 e. The predicted octanol–water partition coefficient (Wildman–Crippen LogP) is 1.76. The van der Waals surface area contributed by atoms with Crippen molar-refractivity contribution in [3.8, 4) is 0 Å². The summed E-state index contributed by atoms with van der Waals surface area (Å²) >= 11 is 0. The minimum absolute atomic E-state index is 0.00592. The first-order valence-electron chi connectivity index (χ1n) is 5.57. The summed E-state index contributed by atoms with van der Waals surface area (Å²) in [6.45, 7) is 3.64. The Labute approximate surface area is 105 Å². The number of carboxylic acid groups (broad SMARTS) is 2. The zero-order valence-electron chi connectivity index (χ0n) is 9.93. The van der Waals surface area contributed by atoms with Crippen molar-refractivity contribution in [3.05, 3.63) is 35.7 Å². The topological polar surface area (TPSA) is 87.5 Å². The summed E-state index contributed by atoms with van der Waals surface area (Å²) in [5.41, 5.74) is 2.12. The van der Waals surface area contributed by atoms with Gasteiger partial charge < -0.3 is 10.2 Å². The third-order valence-electron chi connectivity index (χ3n) is 2.38. The maximum atomic E-state index is 10.5. The third-order valence-corrected chi connectivity index (χ3v) is 2.38. The van der Waals surface area contributed by atoms with Gasteiger partial charge in [0.05, 0.1) is 12.8 Å². The second-order valence-corrected chi connectivity index (χ2v) is 3.87. The van der Waals surface area contributed by atoms with Crippen LogP contribution in [0.2, 0.25) is 0 Å². The maximum absolute atomic E-state index is 10.5. The van der Waals surface area contributed by atoms with Crippen molar-refractivity contribution in [2.45, 2.75) is 25.7 Å². The molecule has 0 radical (unpaired) electrons. The van der Waals surface area contributed by atoms with Gasteiger partial charge in [-0.1, -0.05) is 12.7 Å². The molecule has 0 fully saturated rings. The number of aryl methyl sites for hydroxylation is 2. The highest BCUT2D eigenvalue weighted by Gasteiger charge is 2.06. The van der Waals surface area contributed by atoms with E-state index >= 15 is 0 Å². The molecule has 0 saturated carbocycles. The van der Waals surface area contributed by atoms with Gasteiger partial charge in [-0.25, -0.2) is 0 Å². The summed E-state index contributed by atoms with van der Waals surface area (Å²) < 4.78 is 0. The van der Waals surface area contributed by atoms with Gasteiger partial charge in [-0.3, -0.25) is 14.6 Å². The molecule has 1 rings (SSSR count). The number of hydrogen-bond acceptors (Lipinski definition) is 3. The number of pyridine rings is 1. The van der Waals surface area contributed by atoms with Crippen molar-refractivity contribution in [1.82, 2.24) is 4.98 Å². The van der Waals surface area contributed by atoms with Gasteiger partial charge in [-0.15, -0.1) is 0 Å². The lowest BCUT2D eigenvalue weighted by Crippen LogP contribution is -2.04. The van der Waals surface area contributed by atoms with Crippen molar-refractivity contribution in [2.75, 3.05) is 0 Å². The minimum Gasteiger partial charge on any atom is -0.481 e. The molecule has 0 unspecified atom stereocenters. The first-order valence-corrected chi connectivity index (χ1v) is 5.57. The molecular weight excluding hydrogens is 234 g/mol. The Hall–Kier alpha value is -2.17. The van der Waals surface area contributed by atoms with Crippen molar-refractivity contribution >= 4 is 18.0 Å². The second-order valence-electron chi connectivity index (χ2n) is 3.87. The van der Waals surface area contributed by atoms with Gasteiger partial charge in [0.2, 0.25) is 0 Å².